The molecule has 0 amide bonds. The molecule has 2 nitrogen and oxygen atoms in total. The van der Waals surface area contributed by atoms with E-state index in [1.807, 2.05) is 0 Å². The number of nitrogens with zero attached hydrogens (tertiary/aromatic N) is 1. The van der Waals surface area contributed by atoms with Crippen LogP contribution in [0.15, 0.2) is 18.2 Å². The zero-order valence-corrected chi connectivity index (χ0v) is 10.7. The second-order valence-corrected chi connectivity index (χ2v) is 5.80. The number of rotatable bonds is 2. The Balaban J connectivity index is 1.87. The Hall–Kier alpha value is -0.860. The van der Waals surface area contributed by atoms with E-state index in [4.69, 9.17) is 0 Å². The average molecular weight is 231 g/mol. The highest BCUT2D eigenvalue weighted by atomic mass is 16.3. The van der Waals surface area contributed by atoms with E-state index in [9.17, 15) is 5.11 Å². The lowest BCUT2D eigenvalue weighted by molar-refractivity contribution is 0.0446. The molecule has 2 fully saturated rings. The van der Waals surface area contributed by atoms with E-state index in [2.05, 4.69) is 36.9 Å². The highest BCUT2D eigenvalue weighted by Crippen LogP contribution is 2.39. The summed E-state index contributed by atoms with van der Waals surface area (Å²) in [4.78, 5) is 2.46. The van der Waals surface area contributed by atoms with Crippen molar-refractivity contribution in [3.63, 3.8) is 0 Å². The van der Waals surface area contributed by atoms with Crippen LogP contribution in [0.1, 0.15) is 36.0 Å². The Morgan fingerprint density at radius 2 is 2.06 bits per heavy atom. The third kappa shape index (κ3) is 2.00. The zero-order chi connectivity index (χ0) is 12.0. The minimum Gasteiger partial charge on any atom is -0.384 e. The maximum Gasteiger partial charge on any atom is 0.104 e. The first-order valence-corrected chi connectivity index (χ1v) is 6.63. The van der Waals surface area contributed by atoms with Gasteiger partial charge in [0.05, 0.1) is 0 Å². The van der Waals surface area contributed by atoms with E-state index in [0.29, 0.717) is 0 Å². The molecule has 1 heterocycles. The van der Waals surface area contributed by atoms with Gasteiger partial charge < -0.3 is 5.11 Å². The van der Waals surface area contributed by atoms with Crippen molar-refractivity contribution >= 4 is 0 Å². The van der Waals surface area contributed by atoms with Crippen LogP contribution in [0.3, 0.4) is 0 Å². The molecule has 17 heavy (non-hydrogen) atoms. The van der Waals surface area contributed by atoms with E-state index < -0.39 is 5.60 Å². The average Bonchev–Trinajstić information content (AvgIpc) is 3.03. The summed E-state index contributed by atoms with van der Waals surface area (Å²) in [6, 6.07) is 7.16. The third-order valence-electron chi connectivity index (χ3n) is 4.22. The number of benzene rings is 1. The lowest BCUT2D eigenvalue weighted by Gasteiger charge is -2.26. The lowest BCUT2D eigenvalue weighted by Crippen LogP contribution is -2.32. The SMILES string of the molecule is Cc1ccc(C2(O)CCN(C3CC3)C2)c(C)c1. The number of β-amino-alcohol motifs (C(OH)–C–C–N with tert-alkyl or cyclic N) is 1. The van der Waals surface area contributed by atoms with Gasteiger partial charge in [-0.3, -0.25) is 4.90 Å². The highest BCUT2D eigenvalue weighted by molar-refractivity contribution is 5.36. The standard InChI is InChI=1S/C15H21NO/c1-11-3-6-14(12(2)9-11)15(17)7-8-16(10-15)13-4-5-13/h3,6,9,13,17H,4-5,7-8,10H2,1-2H3. The summed E-state index contributed by atoms with van der Waals surface area (Å²) in [6.45, 7) is 6.09. The Morgan fingerprint density at radius 3 is 2.71 bits per heavy atom. The van der Waals surface area contributed by atoms with Crippen LogP contribution in [-0.2, 0) is 5.60 Å². The smallest absolute Gasteiger partial charge is 0.104 e. The van der Waals surface area contributed by atoms with Crippen LogP contribution in [0.2, 0.25) is 0 Å². The van der Waals surface area contributed by atoms with Crippen molar-refractivity contribution in [1.29, 1.82) is 0 Å². The van der Waals surface area contributed by atoms with Crippen LogP contribution >= 0.6 is 0 Å². The van der Waals surface area contributed by atoms with E-state index in [1.165, 1.54) is 24.0 Å². The van der Waals surface area contributed by atoms with Gasteiger partial charge in [-0.25, -0.2) is 0 Å². The molecule has 0 radical (unpaired) electrons. The van der Waals surface area contributed by atoms with E-state index in [1.54, 1.807) is 0 Å². The Morgan fingerprint density at radius 1 is 1.29 bits per heavy atom. The Labute approximate surface area is 103 Å². The molecule has 1 aliphatic heterocycles. The van der Waals surface area contributed by atoms with Crippen LogP contribution in [0.5, 0.6) is 0 Å². The summed E-state index contributed by atoms with van der Waals surface area (Å²) in [7, 11) is 0. The molecule has 0 aromatic heterocycles. The monoisotopic (exact) mass is 231 g/mol. The number of aliphatic hydroxyl groups is 1. The van der Waals surface area contributed by atoms with Crippen molar-refractivity contribution in [2.45, 2.75) is 44.8 Å². The summed E-state index contributed by atoms with van der Waals surface area (Å²) in [5.74, 6) is 0. The first kappa shape index (κ1) is 11.2. The number of aryl methyl sites for hydroxylation is 2. The highest BCUT2D eigenvalue weighted by Gasteiger charge is 2.43. The maximum atomic E-state index is 10.8. The van der Waals surface area contributed by atoms with Gasteiger partial charge in [0.25, 0.3) is 0 Å². The topological polar surface area (TPSA) is 23.5 Å². The summed E-state index contributed by atoms with van der Waals surface area (Å²) in [6.07, 6.45) is 3.53. The van der Waals surface area contributed by atoms with Crippen molar-refractivity contribution in [2.75, 3.05) is 13.1 Å². The second-order valence-electron chi connectivity index (χ2n) is 5.80. The van der Waals surface area contributed by atoms with Gasteiger partial charge in [0.15, 0.2) is 0 Å². The van der Waals surface area contributed by atoms with Gasteiger partial charge in [-0.15, -0.1) is 0 Å². The van der Waals surface area contributed by atoms with E-state index in [0.717, 1.165) is 31.1 Å². The Kier molecular flexibility index (Phi) is 2.53. The molecule has 0 bridgehead atoms. The molecule has 1 unspecified atom stereocenters. The first-order chi connectivity index (χ1) is 8.08. The molecule has 92 valence electrons. The minimum atomic E-state index is -0.611. The molecule has 0 spiro atoms. The van der Waals surface area contributed by atoms with Crippen LogP contribution < -0.4 is 0 Å². The minimum absolute atomic E-state index is 0.611. The summed E-state index contributed by atoms with van der Waals surface area (Å²) in [5.41, 5.74) is 3.02. The van der Waals surface area contributed by atoms with Crippen molar-refractivity contribution < 1.29 is 5.11 Å². The molecule has 1 N–H and O–H groups in total. The van der Waals surface area contributed by atoms with Crippen molar-refractivity contribution in [1.82, 2.24) is 4.90 Å². The Bertz CT molecular complexity index is 439. The second kappa shape index (κ2) is 3.82. The summed E-state index contributed by atoms with van der Waals surface area (Å²) >= 11 is 0. The fourth-order valence-corrected chi connectivity index (χ4v) is 3.13. The van der Waals surface area contributed by atoms with Crippen molar-refractivity contribution in [3.8, 4) is 0 Å². The molecule has 1 saturated heterocycles. The van der Waals surface area contributed by atoms with E-state index in [-0.39, 0.29) is 0 Å². The molecule has 2 aliphatic rings. The quantitative estimate of drug-likeness (QED) is 0.844. The molecule has 1 aromatic rings. The van der Waals surface area contributed by atoms with Gasteiger partial charge in [-0.1, -0.05) is 23.8 Å². The van der Waals surface area contributed by atoms with Gasteiger partial charge in [0.2, 0.25) is 0 Å². The van der Waals surface area contributed by atoms with Crippen LogP contribution in [0.4, 0.5) is 0 Å². The van der Waals surface area contributed by atoms with Crippen molar-refractivity contribution in [2.24, 2.45) is 0 Å². The molecular formula is C15H21NO. The predicted molar refractivity (Wildman–Crippen MR) is 69.0 cm³/mol. The lowest BCUT2D eigenvalue weighted by atomic mass is 9.89. The van der Waals surface area contributed by atoms with Crippen LogP contribution in [0, 0.1) is 13.8 Å². The maximum absolute atomic E-state index is 10.8. The van der Waals surface area contributed by atoms with Crippen LogP contribution in [0.25, 0.3) is 0 Å². The zero-order valence-electron chi connectivity index (χ0n) is 10.7. The molecule has 2 heteroatoms. The largest absolute Gasteiger partial charge is 0.384 e. The number of hydrogen-bond donors (Lipinski definition) is 1. The van der Waals surface area contributed by atoms with Gasteiger partial charge >= 0.3 is 0 Å². The number of hydrogen-bond acceptors (Lipinski definition) is 2. The van der Waals surface area contributed by atoms with Crippen LogP contribution in [-0.4, -0.2) is 29.1 Å². The third-order valence-corrected chi connectivity index (χ3v) is 4.22. The fraction of sp³-hybridized carbons (Fsp3) is 0.600. The van der Waals surface area contributed by atoms with Crippen molar-refractivity contribution in [3.05, 3.63) is 34.9 Å². The normalized spacial score (nSPS) is 29.8. The molecule has 3 rings (SSSR count). The molecule has 1 atom stereocenters. The van der Waals surface area contributed by atoms with Gasteiger partial charge in [0.1, 0.15) is 5.60 Å². The van der Waals surface area contributed by atoms with Gasteiger partial charge in [-0.2, -0.15) is 0 Å². The summed E-state index contributed by atoms with van der Waals surface area (Å²) < 4.78 is 0. The van der Waals surface area contributed by atoms with E-state index >= 15 is 0 Å². The summed E-state index contributed by atoms with van der Waals surface area (Å²) in [5, 5.41) is 10.8. The van der Waals surface area contributed by atoms with Gasteiger partial charge in [0, 0.05) is 19.1 Å². The molecule has 1 aliphatic carbocycles. The molecule has 1 saturated carbocycles. The first-order valence-electron chi connectivity index (χ1n) is 6.63. The predicted octanol–water partition coefficient (Wildman–Crippen LogP) is 2.36. The molecule has 1 aromatic carbocycles. The number of likely N-dealkylation sites (tertiary alicyclic amines) is 1. The van der Waals surface area contributed by atoms with Gasteiger partial charge in [-0.05, 0) is 44.2 Å². The molecular weight excluding hydrogens is 210 g/mol. The fourth-order valence-electron chi connectivity index (χ4n) is 3.13.